The van der Waals surface area contributed by atoms with Crippen LogP contribution >= 0.6 is 0 Å². The number of hydrogen-bond acceptors (Lipinski definition) is 12. The Hall–Kier alpha value is -2.17. The number of carboxylic acids is 1. The first-order valence-corrected chi connectivity index (χ1v) is 23.4. The highest BCUT2D eigenvalue weighted by molar-refractivity contribution is 5.84. The second-order valence-corrected chi connectivity index (χ2v) is 20.0. The van der Waals surface area contributed by atoms with Gasteiger partial charge in [-0.15, -0.1) is 0 Å². The lowest BCUT2D eigenvalue weighted by Crippen LogP contribution is -2.65. The van der Waals surface area contributed by atoms with Crippen molar-refractivity contribution in [2.45, 2.75) is 199 Å². The zero-order chi connectivity index (χ0) is 45.2. The van der Waals surface area contributed by atoms with E-state index in [0.717, 1.165) is 6.42 Å². The second kappa shape index (κ2) is 19.9. The third-order valence-corrected chi connectivity index (χ3v) is 15.5. The molecule has 0 radical (unpaired) electrons. The van der Waals surface area contributed by atoms with E-state index in [-0.39, 0.29) is 36.2 Å². The van der Waals surface area contributed by atoms with Crippen LogP contribution in [0.1, 0.15) is 133 Å². The summed E-state index contributed by atoms with van der Waals surface area (Å²) >= 11 is 0. The summed E-state index contributed by atoms with van der Waals surface area (Å²) in [5.41, 5.74) is -1.73. The first kappa shape index (κ1) is 49.8. The average molecular weight is 865 g/mol. The fraction of sp³-hybridized carbons (Fsp3) is 0.894. The van der Waals surface area contributed by atoms with Crippen molar-refractivity contribution in [2.75, 3.05) is 27.2 Å². The van der Waals surface area contributed by atoms with Crippen LogP contribution in [0.2, 0.25) is 0 Å². The summed E-state index contributed by atoms with van der Waals surface area (Å²) in [5, 5.41) is 35.9. The molecular weight excluding hydrogens is 785 g/mol. The number of aliphatic hydroxyl groups excluding tert-OH is 1. The maximum absolute atomic E-state index is 14.7. The molecule has 5 aliphatic heterocycles. The molecule has 4 saturated heterocycles. The van der Waals surface area contributed by atoms with Gasteiger partial charge in [0.25, 0.3) is 0 Å². The lowest BCUT2D eigenvalue weighted by Gasteiger charge is -2.55. The second-order valence-electron chi connectivity index (χ2n) is 20.0. The van der Waals surface area contributed by atoms with Crippen molar-refractivity contribution < 1.29 is 58.1 Å². The zero-order valence-corrected chi connectivity index (χ0v) is 39.2. The summed E-state index contributed by atoms with van der Waals surface area (Å²) in [6.45, 7) is 20.4. The first-order valence-electron chi connectivity index (χ1n) is 23.4. The van der Waals surface area contributed by atoms with Crippen LogP contribution in [0, 0.1) is 41.4 Å². The Kier molecular flexibility index (Phi) is 16.3. The Labute approximate surface area is 365 Å². The third-order valence-electron chi connectivity index (χ3n) is 15.5. The molecule has 5 rings (SSSR count). The Morgan fingerprint density at radius 2 is 1.61 bits per heavy atom. The van der Waals surface area contributed by atoms with Gasteiger partial charge in [0.15, 0.2) is 11.6 Å². The van der Waals surface area contributed by atoms with E-state index in [2.05, 4.69) is 26.1 Å². The number of aliphatic carboxylic acids is 1. The molecule has 0 aromatic rings. The van der Waals surface area contributed by atoms with Crippen LogP contribution in [0.25, 0.3) is 0 Å². The predicted octanol–water partition coefficient (Wildman–Crippen LogP) is 6.48. The van der Waals surface area contributed by atoms with Crippen molar-refractivity contribution in [3.8, 4) is 0 Å². The molecule has 14 heteroatoms. The Balaban J connectivity index is 1.39. The van der Waals surface area contributed by atoms with Crippen LogP contribution in [-0.2, 0) is 38.0 Å². The molecule has 0 saturated carbocycles. The number of aliphatic hydroxyl groups is 2. The average Bonchev–Trinajstić information content (AvgIpc) is 3.55. The number of nitrogens with zero attached hydrogens (tertiary/aromatic N) is 1. The van der Waals surface area contributed by atoms with Gasteiger partial charge in [-0.25, -0.2) is 4.79 Å². The van der Waals surface area contributed by atoms with Gasteiger partial charge in [-0.2, -0.15) is 0 Å². The Bertz CT molecular complexity index is 1550. The number of carboxylic acid groups (broad SMARTS) is 1. The van der Waals surface area contributed by atoms with E-state index in [1.165, 1.54) is 0 Å². The predicted molar refractivity (Wildman–Crippen MR) is 229 cm³/mol. The van der Waals surface area contributed by atoms with Gasteiger partial charge in [0.05, 0.1) is 53.7 Å². The number of rotatable bonds is 16. The van der Waals surface area contributed by atoms with Crippen molar-refractivity contribution in [3.63, 3.8) is 0 Å². The van der Waals surface area contributed by atoms with E-state index in [0.29, 0.717) is 64.3 Å². The van der Waals surface area contributed by atoms with Gasteiger partial charge >= 0.3 is 12.1 Å². The number of hydrogen-bond donors (Lipinski definition) is 4. The number of Topliss-reactive ketones (excluding diaryl/α,β-unsaturated/α-hetero) is 1. The van der Waals surface area contributed by atoms with Gasteiger partial charge in [-0.1, -0.05) is 61.5 Å². The minimum absolute atomic E-state index is 0.0274. The van der Waals surface area contributed by atoms with Gasteiger partial charge < -0.3 is 54.0 Å². The van der Waals surface area contributed by atoms with Crippen LogP contribution in [0.5, 0.6) is 0 Å². The molecule has 61 heavy (non-hydrogen) atoms. The van der Waals surface area contributed by atoms with Crippen molar-refractivity contribution >= 4 is 17.8 Å². The van der Waals surface area contributed by atoms with Crippen LogP contribution in [0.15, 0.2) is 12.2 Å². The highest BCUT2D eigenvalue weighted by Crippen LogP contribution is 2.54. The molecule has 2 spiro atoms. The number of alkyl carbamates (subject to hydrolysis) is 1. The molecule has 5 aliphatic rings. The molecule has 0 bridgehead atoms. The summed E-state index contributed by atoms with van der Waals surface area (Å²) in [4.78, 5) is 41.9. The normalized spacial score (nSPS) is 41.6. The highest BCUT2D eigenvalue weighted by Gasteiger charge is 2.63. The molecule has 4 N–H and O–H groups in total. The maximum atomic E-state index is 14.7. The van der Waals surface area contributed by atoms with E-state index in [1.807, 2.05) is 72.7 Å². The van der Waals surface area contributed by atoms with Gasteiger partial charge in [0, 0.05) is 36.6 Å². The van der Waals surface area contributed by atoms with Gasteiger partial charge in [0.1, 0.15) is 18.4 Å². The fourth-order valence-corrected chi connectivity index (χ4v) is 11.2. The minimum Gasteiger partial charge on any atom is -0.481 e. The molecule has 18 atom stereocenters. The number of amides is 1. The van der Waals surface area contributed by atoms with E-state index in [9.17, 15) is 29.7 Å². The van der Waals surface area contributed by atoms with Crippen LogP contribution in [0.4, 0.5) is 4.79 Å². The molecule has 5 heterocycles. The van der Waals surface area contributed by atoms with E-state index in [1.54, 1.807) is 6.92 Å². The number of ketones is 1. The molecule has 0 aromatic heterocycles. The largest absolute Gasteiger partial charge is 0.481 e. The maximum Gasteiger partial charge on any atom is 0.407 e. The molecule has 0 unspecified atom stereocenters. The first-order chi connectivity index (χ1) is 28.6. The SMILES string of the molecule is CC[C@@H](C(=O)[C@@H](C)[C@@H](O)[C@H](C)[C@@H]1O[C@@H]([C@@H](CC)C(=O)O)CC[C@@H]1C)[C@H]1O[C@]2(C=C[C@@H](NC(=O)OCCN(C)C)[C@]3(CC[C@@](C)([C@H]4CC[C@](O)(CC)[C@H](C)O4)O3)O2)[C@H](C)C[C@@H]1C. The standard InChI is InChI=1S/C47H80N2O12/c1-13-33(42(52)53)35-17-16-27(4)40(58-35)31(8)38(50)30(7)39(51)34(14-2)41-28(5)26-29(6)46(59-41)21-18-36(48-43(54)56-25-24-49(11)12)47(61-46)23-22-44(10,60-47)37-19-20-45(55,15-3)32(9)57-37/h18,21,27-38,40-41,50,55H,13-17,19-20,22-26H2,1-12H3,(H,48,54)(H,52,53)/t27-,28-,29+,30-,31-,32-,33+,34-,35+,36+,37+,38+,40+,41-,44-,45+,46-,47-/m0/s1. The van der Waals surface area contributed by atoms with E-state index < -0.39 is 95.1 Å². The monoisotopic (exact) mass is 865 g/mol. The number of nitrogens with one attached hydrogen (secondary N) is 1. The van der Waals surface area contributed by atoms with E-state index >= 15 is 0 Å². The van der Waals surface area contributed by atoms with Crippen LogP contribution in [0.3, 0.4) is 0 Å². The fourth-order valence-electron chi connectivity index (χ4n) is 11.2. The van der Waals surface area contributed by atoms with Crippen molar-refractivity contribution in [1.29, 1.82) is 0 Å². The van der Waals surface area contributed by atoms with E-state index in [4.69, 9.17) is 28.4 Å². The summed E-state index contributed by atoms with van der Waals surface area (Å²) in [6.07, 6.45) is 5.75. The topological polar surface area (TPSA) is 183 Å². The minimum atomic E-state index is -1.37. The lowest BCUT2D eigenvalue weighted by molar-refractivity contribution is -0.398. The van der Waals surface area contributed by atoms with Gasteiger partial charge in [-0.3, -0.25) is 9.59 Å². The molecule has 14 nitrogen and oxygen atoms in total. The third kappa shape index (κ3) is 10.4. The van der Waals surface area contributed by atoms with Crippen LogP contribution < -0.4 is 5.32 Å². The number of carbonyl (C=O) groups is 3. The summed E-state index contributed by atoms with van der Waals surface area (Å²) < 4.78 is 40.0. The number of likely N-dealkylation sites (N-methyl/N-ethyl adjacent to an activating group) is 1. The lowest BCUT2D eigenvalue weighted by atomic mass is 9.72. The quantitative estimate of drug-likeness (QED) is 0.124. The van der Waals surface area contributed by atoms with Crippen molar-refractivity contribution in [2.24, 2.45) is 41.4 Å². The molecule has 4 fully saturated rings. The Morgan fingerprint density at radius 3 is 2.21 bits per heavy atom. The smallest absolute Gasteiger partial charge is 0.407 e. The Morgan fingerprint density at radius 1 is 0.918 bits per heavy atom. The van der Waals surface area contributed by atoms with Crippen LogP contribution in [-0.4, -0.2) is 131 Å². The van der Waals surface area contributed by atoms with Gasteiger partial charge in [-0.05, 0) is 104 Å². The molecule has 0 aliphatic carbocycles. The summed E-state index contributed by atoms with van der Waals surface area (Å²) in [5.74, 6) is -6.10. The molecule has 0 aromatic carbocycles. The molecular formula is C47H80N2O12. The van der Waals surface area contributed by atoms with Crippen molar-refractivity contribution in [3.05, 3.63) is 12.2 Å². The summed E-state index contributed by atoms with van der Waals surface area (Å²) in [7, 11) is 3.81. The highest BCUT2D eigenvalue weighted by atomic mass is 16.8. The number of ether oxygens (including phenoxy) is 6. The summed E-state index contributed by atoms with van der Waals surface area (Å²) in [6, 6.07) is -0.735. The van der Waals surface area contributed by atoms with Gasteiger partial charge in [0.2, 0.25) is 0 Å². The molecule has 350 valence electrons. The zero-order valence-electron chi connectivity index (χ0n) is 39.2. The number of carbonyl (C=O) groups excluding carboxylic acids is 2. The molecule has 1 amide bonds. The van der Waals surface area contributed by atoms with Crippen molar-refractivity contribution in [1.82, 2.24) is 10.2 Å².